The molecule has 2 heterocycles. The summed E-state index contributed by atoms with van der Waals surface area (Å²) in [4.78, 5) is 37.9. The van der Waals surface area contributed by atoms with Gasteiger partial charge in [0.1, 0.15) is 4.88 Å². The molecule has 8 heteroatoms. The number of ether oxygens (including phenoxy) is 1. The maximum Gasteiger partial charge on any atom is 0.349 e. The summed E-state index contributed by atoms with van der Waals surface area (Å²) in [6, 6.07) is 11.9. The van der Waals surface area contributed by atoms with Crippen LogP contribution in [0, 0.1) is 6.92 Å². The highest BCUT2D eigenvalue weighted by Gasteiger charge is 2.19. The molecule has 0 saturated carbocycles. The number of benzene rings is 1. The largest absolute Gasteiger partial charge is 0.459 e. The molecule has 1 aromatic carbocycles. The fourth-order valence-electron chi connectivity index (χ4n) is 2.38. The Balaban J connectivity index is 1.60. The van der Waals surface area contributed by atoms with E-state index in [0.717, 1.165) is 16.2 Å². The van der Waals surface area contributed by atoms with Crippen LogP contribution in [0.3, 0.4) is 0 Å². The first kappa shape index (κ1) is 19.9. The van der Waals surface area contributed by atoms with Gasteiger partial charge < -0.3 is 14.5 Å². The zero-order chi connectivity index (χ0) is 20.1. The molecule has 6 nitrogen and oxygen atoms in total. The maximum atomic E-state index is 12.3. The Bertz CT molecular complexity index is 990. The molecule has 144 valence electrons. The lowest BCUT2D eigenvalue weighted by molar-refractivity contribution is 0.0479. The van der Waals surface area contributed by atoms with Crippen LogP contribution < -0.4 is 5.32 Å². The van der Waals surface area contributed by atoms with Crippen molar-refractivity contribution in [2.45, 2.75) is 11.8 Å². The fraction of sp³-hybridized carbons (Fsp3) is 0.150. The first-order valence-corrected chi connectivity index (χ1v) is 10.3. The van der Waals surface area contributed by atoms with Crippen LogP contribution in [0.5, 0.6) is 0 Å². The molecule has 2 aromatic heterocycles. The van der Waals surface area contributed by atoms with Crippen LogP contribution in [0.25, 0.3) is 0 Å². The van der Waals surface area contributed by atoms with Gasteiger partial charge >= 0.3 is 5.97 Å². The van der Waals surface area contributed by atoms with E-state index in [1.54, 1.807) is 49.0 Å². The van der Waals surface area contributed by atoms with Gasteiger partial charge in [-0.05, 0) is 49.1 Å². The number of thiophene rings is 1. The number of Topliss-reactive ketones (excluding diaryl/α,β-unsaturated/α-hetero) is 1. The SMILES string of the molecule is CSc1ccc(C(=O)COC(=O)c2sc(NC(=O)c3ccco3)cc2C)cc1. The number of thioether (sulfide) groups is 1. The van der Waals surface area contributed by atoms with Crippen molar-refractivity contribution in [3.8, 4) is 0 Å². The number of anilines is 1. The summed E-state index contributed by atoms with van der Waals surface area (Å²) in [5.74, 6) is -1.11. The Labute approximate surface area is 169 Å². The average Bonchev–Trinajstić information content (AvgIpc) is 3.36. The molecule has 0 radical (unpaired) electrons. The number of carbonyl (C=O) groups excluding carboxylic acids is 3. The first-order valence-electron chi connectivity index (χ1n) is 8.27. The van der Waals surface area contributed by atoms with E-state index in [1.807, 2.05) is 18.4 Å². The summed E-state index contributed by atoms with van der Waals surface area (Å²) in [5.41, 5.74) is 1.14. The van der Waals surface area contributed by atoms with Gasteiger partial charge in [-0.15, -0.1) is 23.1 Å². The topological polar surface area (TPSA) is 85.6 Å². The molecular weight excluding hydrogens is 398 g/mol. The molecule has 0 atom stereocenters. The van der Waals surface area contributed by atoms with E-state index >= 15 is 0 Å². The van der Waals surface area contributed by atoms with Crippen LogP contribution in [0.2, 0.25) is 0 Å². The molecule has 3 aromatic rings. The second kappa shape index (κ2) is 8.90. The van der Waals surface area contributed by atoms with E-state index in [0.29, 0.717) is 21.0 Å². The quantitative estimate of drug-likeness (QED) is 0.343. The van der Waals surface area contributed by atoms with Gasteiger partial charge in [-0.3, -0.25) is 9.59 Å². The van der Waals surface area contributed by atoms with Crippen LogP contribution in [0.15, 0.2) is 58.0 Å². The number of ketones is 1. The van der Waals surface area contributed by atoms with Crippen molar-refractivity contribution >= 4 is 45.8 Å². The van der Waals surface area contributed by atoms with Crippen molar-refractivity contribution < 1.29 is 23.5 Å². The number of esters is 1. The third kappa shape index (κ3) is 4.71. The zero-order valence-corrected chi connectivity index (χ0v) is 16.8. The molecule has 28 heavy (non-hydrogen) atoms. The van der Waals surface area contributed by atoms with Gasteiger partial charge in [0, 0.05) is 10.5 Å². The van der Waals surface area contributed by atoms with E-state index in [2.05, 4.69) is 5.32 Å². The van der Waals surface area contributed by atoms with Gasteiger partial charge in [-0.2, -0.15) is 0 Å². The minimum Gasteiger partial charge on any atom is -0.459 e. The molecule has 0 bridgehead atoms. The van der Waals surface area contributed by atoms with Crippen molar-refractivity contribution in [3.05, 3.63) is 70.5 Å². The highest BCUT2D eigenvalue weighted by Crippen LogP contribution is 2.28. The van der Waals surface area contributed by atoms with E-state index < -0.39 is 11.9 Å². The summed E-state index contributed by atoms with van der Waals surface area (Å²) >= 11 is 2.66. The van der Waals surface area contributed by atoms with Crippen molar-refractivity contribution in [1.29, 1.82) is 0 Å². The number of aryl methyl sites for hydroxylation is 1. The Kier molecular flexibility index (Phi) is 6.33. The fourth-order valence-corrected chi connectivity index (χ4v) is 3.75. The molecule has 1 amide bonds. The minimum absolute atomic E-state index is 0.174. The number of carbonyl (C=O) groups is 3. The molecule has 0 fully saturated rings. The van der Waals surface area contributed by atoms with Gasteiger partial charge in [0.25, 0.3) is 5.91 Å². The lowest BCUT2D eigenvalue weighted by atomic mass is 10.1. The summed E-state index contributed by atoms with van der Waals surface area (Å²) in [7, 11) is 0. The van der Waals surface area contributed by atoms with Gasteiger partial charge in [0.15, 0.2) is 18.2 Å². The number of amides is 1. The van der Waals surface area contributed by atoms with Crippen molar-refractivity contribution in [1.82, 2.24) is 0 Å². The van der Waals surface area contributed by atoms with Gasteiger partial charge in [0.05, 0.1) is 11.3 Å². The lowest BCUT2D eigenvalue weighted by Gasteiger charge is -2.04. The minimum atomic E-state index is -0.602. The first-order chi connectivity index (χ1) is 13.5. The predicted molar refractivity (Wildman–Crippen MR) is 109 cm³/mol. The standard InChI is InChI=1S/C20H17NO5S2/c1-12-10-17(21-19(23)16-4-3-9-25-16)28-18(12)20(24)26-11-15(22)13-5-7-14(27-2)8-6-13/h3-10H,11H2,1-2H3,(H,21,23). The number of rotatable bonds is 7. The van der Waals surface area contributed by atoms with Crippen LogP contribution in [-0.2, 0) is 4.74 Å². The van der Waals surface area contributed by atoms with Crippen molar-refractivity contribution in [3.63, 3.8) is 0 Å². The normalized spacial score (nSPS) is 10.5. The van der Waals surface area contributed by atoms with E-state index in [9.17, 15) is 14.4 Å². The highest BCUT2D eigenvalue weighted by molar-refractivity contribution is 7.98. The van der Waals surface area contributed by atoms with Gasteiger partial charge in [-0.1, -0.05) is 12.1 Å². The lowest BCUT2D eigenvalue weighted by Crippen LogP contribution is -2.14. The van der Waals surface area contributed by atoms with Crippen LogP contribution >= 0.6 is 23.1 Å². The summed E-state index contributed by atoms with van der Waals surface area (Å²) in [6.45, 7) is 1.39. The summed E-state index contributed by atoms with van der Waals surface area (Å²) < 4.78 is 10.2. The van der Waals surface area contributed by atoms with Crippen LogP contribution in [0.1, 0.15) is 36.1 Å². The molecule has 1 N–H and O–H groups in total. The summed E-state index contributed by atoms with van der Waals surface area (Å²) in [5, 5.41) is 3.16. The van der Waals surface area contributed by atoms with Crippen molar-refractivity contribution in [2.75, 3.05) is 18.2 Å². The predicted octanol–water partition coefficient (Wildman–Crippen LogP) is 4.66. The Morgan fingerprint density at radius 2 is 1.93 bits per heavy atom. The average molecular weight is 415 g/mol. The van der Waals surface area contributed by atoms with Crippen LogP contribution in [0.4, 0.5) is 5.00 Å². The summed E-state index contributed by atoms with van der Waals surface area (Å²) in [6.07, 6.45) is 3.36. The molecule has 3 rings (SSSR count). The third-order valence-corrected chi connectivity index (χ3v) is 5.71. The smallest absolute Gasteiger partial charge is 0.349 e. The van der Waals surface area contributed by atoms with Gasteiger partial charge in [0.2, 0.25) is 0 Å². The molecule has 0 aliphatic rings. The molecule has 0 unspecified atom stereocenters. The monoisotopic (exact) mass is 415 g/mol. The Hall–Kier alpha value is -2.84. The second-order valence-electron chi connectivity index (χ2n) is 5.78. The number of hydrogen-bond donors (Lipinski definition) is 1. The van der Waals surface area contributed by atoms with Crippen LogP contribution in [-0.4, -0.2) is 30.5 Å². The Morgan fingerprint density at radius 3 is 2.57 bits per heavy atom. The van der Waals surface area contributed by atoms with E-state index in [4.69, 9.17) is 9.15 Å². The Morgan fingerprint density at radius 1 is 1.18 bits per heavy atom. The number of hydrogen-bond acceptors (Lipinski definition) is 7. The number of nitrogens with one attached hydrogen (secondary N) is 1. The highest BCUT2D eigenvalue weighted by atomic mass is 32.2. The van der Waals surface area contributed by atoms with E-state index in [-0.39, 0.29) is 18.2 Å². The number of furan rings is 1. The molecule has 0 aliphatic heterocycles. The maximum absolute atomic E-state index is 12.3. The zero-order valence-electron chi connectivity index (χ0n) is 15.2. The molecule has 0 aliphatic carbocycles. The second-order valence-corrected chi connectivity index (χ2v) is 7.71. The molecule has 0 saturated heterocycles. The van der Waals surface area contributed by atoms with Gasteiger partial charge in [-0.25, -0.2) is 4.79 Å². The van der Waals surface area contributed by atoms with Crippen molar-refractivity contribution in [2.24, 2.45) is 0 Å². The third-order valence-electron chi connectivity index (χ3n) is 3.83. The molecular formula is C20H17NO5S2. The van der Waals surface area contributed by atoms with E-state index in [1.165, 1.54) is 6.26 Å². The molecule has 0 spiro atoms.